The Morgan fingerprint density at radius 2 is 1.77 bits per heavy atom. The van der Waals surface area contributed by atoms with Gasteiger partial charge in [0.05, 0.1) is 7.11 Å². The molecule has 0 saturated carbocycles. The van der Waals surface area contributed by atoms with Crippen LogP contribution in [0.3, 0.4) is 0 Å². The summed E-state index contributed by atoms with van der Waals surface area (Å²) in [5, 5.41) is 4.19. The number of benzene rings is 3. The van der Waals surface area contributed by atoms with Crippen LogP contribution in [0.5, 0.6) is 11.5 Å². The summed E-state index contributed by atoms with van der Waals surface area (Å²) in [6, 6.07) is 24.1. The Hall–Kier alpha value is -3.73. The van der Waals surface area contributed by atoms with E-state index in [0.29, 0.717) is 18.0 Å². The van der Waals surface area contributed by atoms with E-state index >= 15 is 0 Å². The molecule has 1 atom stereocenters. The maximum atomic E-state index is 12.6. The summed E-state index contributed by atoms with van der Waals surface area (Å²) in [6.07, 6.45) is 2.03. The number of para-hydroxylation sites is 1. The molecule has 4 rings (SSSR count). The van der Waals surface area contributed by atoms with Crippen molar-refractivity contribution >= 4 is 16.8 Å². The second-order valence-corrected chi connectivity index (χ2v) is 7.50. The molecule has 1 heterocycles. The first kappa shape index (κ1) is 20.5. The van der Waals surface area contributed by atoms with E-state index < -0.39 is 0 Å². The van der Waals surface area contributed by atoms with Crippen molar-refractivity contribution in [1.82, 2.24) is 10.3 Å². The van der Waals surface area contributed by atoms with Gasteiger partial charge in [0.2, 0.25) is 0 Å². The first-order valence-corrected chi connectivity index (χ1v) is 10.3. The zero-order valence-electron chi connectivity index (χ0n) is 17.7. The van der Waals surface area contributed by atoms with E-state index in [1.807, 2.05) is 61.7 Å². The van der Waals surface area contributed by atoms with E-state index in [9.17, 15) is 4.79 Å². The maximum Gasteiger partial charge on any atom is 0.257 e. The van der Waals surface area contributed by atoms with Crippen molar-refractivity contribution in [2.45, 2.75) is 12.8 Å². The average molecular weight is 415 g/mol. The standard InChI is InChI=1S/C26H26N2O3/c1-18-12-13-24(25(14-18)30-2)31-17-26(29)28-15-21(19-8-4-3-5-9-19)22-16-27-23-11-7-6-10-20(22)23/h3-14,16,21,27H,15,17H2,1-2H3,(H,28,29). The zero-order valence-corrected chi connectivity index (χ0v) is 17.7. The molecule has 5 nitrogen and oxygen atoms in total. The molecule has 0 aliphatic heterocycles. The summed E-state index contributed by atoms with van der Waals surface area (Å²) >= 11 is 0. The van der Waals surface area contributed by atoms with Gasteiger partial charge in [-0.3, -0.25) is 4.79 Å². The second kappa shape index (κ2) is 9.39. The highest BCUT2D eigenvalue weighted by Crippen LogP contribution is 2.30. The quantitative estimate of drug-likeness (QED) is 0.435. The van der Waals surface area contributed by atoms with Gasteiger partial charge in [0.15, 0.2) is 18.1 Å². The predicted octanol–water partition coefficient (Wildman–Crippen LogP) is 4.81. The number of nitrogens with one attached hydrogen (secondary N) is 2. The highest BCUT2D eigenvalue weighted by atomic mass is 16.5. The smallest absolute Gasteiger partial charge is 0.257 e. The van der Waals surface area contributed by atoms with Crippen molar-refractivity contribution in [1.29, 1.82) is 0 Å². The fourth-order valence-corrected chi connectivity index (χ4v) is 3.78. The van der Waals surface area contributed by atoms with Crippen LogP contribution >= 0.6 is 0 Å². The van der Waals surface area contributed by atoms with Gasteiger partial charge in [-0.25, -0.2) is 0 Å². The molecular formula is C26H26N2O3. The molecule has 2 N–H and O–H groups in total. The van der Waals surface area contributed by atoms with Crippen molar-refractivity contribution in [2.75, 3.05) is 20.3 Å². The van der Waals surface area contributed by atoms with Crippen molar-refractivity contribution < 1.29 is 14.3 Å². The fraction of sp³-hybridized carbons (Fsp3) is 0.192. The monoisotopic (exact) mass is 414 g/mol. The second-order valence-electron chi connectivity index (χ2n) is 7.50. The lowest BCUT2D eigenvalue weighted by Gasteiger charge is -2.18. The number of rotatable bonds is 8. The number of aromatic amines is 1. The van der Waals surface area contributed by atoms with Gasteiger partial charge < -0.3 is 19.8 Å². The third kappa shape index (κ3) is 4.72. The van der Waals surface area contributed by atoms with Gasteiger partial charge in [0, 0.05) is 29.6 Å². The summed E-state index contributed by atoms with van der Waals surface area (Å²) in [5.41, 5.74) is 4.45. The van der Waals surface area contributed by atoms with E-state index in [4.69, 9.17) is 9.47 Å². The summed E-state index contributed by atoms with van der Waals surface area (Å²) < 4.78 is 11.0. The lowest BCUT2D eigenvalue weighted by molar-refractivity contribution is -0.123. The molecule has 4 aromatic rings. The minimum absolute atomic E-state index is 0.0233. The normalized spacial score (nSPS) is 11.8. The van der Waals surface area contributed by atoms with Gasteiger partial charge in [0.1, 0.15) is 0 Å². The van der Waals surface area contributed by atoms with Gasteiger partial charge in [0.25, 0.3) is 5.91 Å². The van der Waals surface area contributed by atoms with Crippen LogP contribution in [-0.4, -0.2) is 31.2 Å². The SMILES string of the molecule is COc1cc(C)ccc1OCC(=O)NCC(c1ccccc1)c1c[nH]c2ccccc12. The molecule has 1 unspecified atom stereocenters. The van der Waals surface area contributed by atoms with Crippen molar-refractivity contribution in [3.05, 3.63) is 95.7 Å². The van der Waals surface area contributed by atoms with Gasteiger partial charge in [-0.2, -0.15) is 0 Å². The van der Waals surface area contributed by atoms with Crippen molar-refractivity contribution in [3.8, 4) is 11.5 Å². The third-order valence-corrected chi connectivity index (χ3v) is 5.38. The van der Waals surface area contributed by atoms with Gasteiger partial charge in [-0.15, -0.1) is 0 Å². The molecule has 31 heavy (non-hydrogen) atoms. The van der Waals surface area contributed by atoms with E-state index in [2.05, 4.69) is 34.6 Å². The lowest BCUT2D eigenvalue weighted by Crippen LogP contribution is -2.32. The van der Waals surface area contributed by atoms with Crippen LogP contribution in [0.1, 0.15) is 22.6 Å². The zero-order chi connectivity index (χ0) is 21.6. The van der Waals surface area contributed by atoms with Crippen LogP contribution in [-0.2, 0) is 4.79 Å². The topological polar surface area (TPSA) is 63.4 Å². The Kier molecular flexibility index (Phi) is 6.22. The molecule has 0 radical (unpaired) electrons. The number of carbonyl (C=O) groups is 1. The minimum Gasteiger partial charge on any atom is -0.493 e. The number of hydrogen-bond donors (Lipinski definition) is 2. The predicted molar refractivity (Wildman–Crippen MR) is 123 cm³/mol. The first-order chi connectivity index (χ1) is 15.2. The molecule has 0 bridgehead atoms. The van der Waals surface area contributed by atoms with Crippen LogP contribution in [0.4, 0.5) is 0 Å². The molecule has 158 valence electrons. The number of methoxy groups -OCH3 is 1. The van der Waals surface area contributed by atoms with Crippen molar-refractivity contribution in [2.24, 2.45) is 0 Å². The highest BCUT2D eigenvalue weighted by molar-refractivity contribution is 5.84. The van der Waals surface area contributed by atoms with Crippen LogP contribution in [0.25, 0.3) is 10.9 Å². The number of ether oxygens (including phenoxy) is 2. The van der Waals surface area contributed by atoms with E-state index in [0.717, 1.165) is 27.6 Å². The Morgan fingerprint density at radius 1 is 1.00 bits per heavy atom. The average Bonchev–Trinajstić information content (AvgIpc) is 3.23. The van der Waals surface area contributed by atoms with Crippen LogP contribution in [0.15, 0.2) is 79.0 Å². The summed E-state index contributed by atoms with van der Waals surface area (Å²) in [4.78, 5) is 15.9. The largest absolute Gasteiger partial charge is 0.493 e. The number of aromatic nitrogens is 1. The molecule has 1 aromatic heterocycles. The van der Waals surface area contributed by atoms with Gasteiger partial charge >= 0.3 is 0 Å². The molecule has 5 heteroatoms. The number of hydrogen-bond acceptors (Lipinski definition) is 3. The molecule has 0 aliphatic carbocycles. The van der Waals surface area contributed by atoms with E-state index in [1.165, 1.54) is 0 Å². The number of carbonyl (C=O) groups excluding carboxylic acids is 1. The minimum atomic E-state index is -0.177. The van der Waals surface area contributed by atoms with Crippen LogP contribution in [0.2, 0.25) is 0 Å². The van der Waals surface area contributed by atoms with Crippen molar-refractivity contribution in [3.63, 3.8) is 0 Å². The molecular weight excluding hydrogens is 388 g/mol. The van der Waals surface area contributed by atoms with Gasteiger partial charge in [-0.05, 0) is 41.8 Å². The Balaban J connectivity index is 1.47. The lowest BCUT2D eigenvalue weighted by atomic mass is 9.91. The van der Waals surface area contributed by atoms with Gasteiger partial charge in [-0.1, -0.05) is 54.6 Å². The molecule has 0 spiro atoms. The first-order valence-electron chi connectivity index (χ1n) is 10.3. The summed E-state index contributed by atoms with van der Waals surface area (Å²) in [7, 11) is 1.59. The Labute approximate surface area is 182 Å². The third-order valence-electron chi connectivity index (χ3n) is 5.38. The Morgan fingerprint density at radius 3 is 2.58 bits per heavy atom. The Bertz CT molecular complexity index is 1170. The summed E-state index contributed by atoms with van der Waals surface area (Å²) in [5.74, 6) is 1.02. The molecule has 3 aromatic carbocycles. The van der Waals surface area contributed by atoms with Crippen LogP contribution < -0.4 is 14.8 Å². The van der Waals surface area contributed by atoms with Crippen LogP contribution in [0, 0.1) is 6.92 Å². The summed E-state index contributed by atoms with van der Waals surface area (Å²) in [6.45, 7) is 2.38. The fourth-order valence-electron chi connectivity index (χ4n) is 3.78. The molecule has 0 aliphatic rings. The number of amides is 1. The molecule has 1 amide bonds. The number of aryl methyl sites for hydroxylation is 1. The van der Waals surface area contributed by atoms with E-state index in [-0.39, 0.29) is 18.4 Å². The van der Waals surface area contributed by atoms with E-state index in [1.54, 1.807) is 7.11 Å². The highest BCUT2D eigenvalue weighted by Gasteiger charge is 2.19. The molecule has 0 saturated heterocycles. The number of H-pyrrole nitrogens is 1. The number of fused-ring (bicyclic) bond motifs is 1. The molecule has 0 fully saturated rings. The maximum absolute atomic E-state index is 12.6.